The van der Waals surface area contributed by atoms with Crippen LogP contribution in [0, 0.1) is 43.3 Å². The molecule has 1 aromatic heterocycles. The van der Waals surface area contributed by atoms with Gasteiger partial charge in [0.15, 0.2) is 0 Å². The van der Waals surface area contributed by atoms with Crippen LogP contribution in [0.3, 0.4) is 0 Å². The largest absolute Gasteiger partial charge is 0.353 e. The molecule has 4 nitrogen and oxygen atoms in total. The van der Waals surface area contributed by atoms with Crippen LogP contribution in [0.15, 0.2) is 24.3 Å². The Kier molecular flexibility index (Phi) is 4.29. The number of halogens is 1. The number of carbonyl (C=O) groups excluding carboxylic acids is 1. The molecule has 5 atom stereocenters. The Labute approximate surface area is 165 Å². The SMILES string of the molecule is Cc1nn(-c2ccccc2F)c(C)c1CC(=O)N[C@@H]1C[C@H]2C[C@@H]1[C@H]1CCC[C@H]21. The zero-order chi connectivity index (χ0) is 19.4. The first kappa shape index (κ1) is 17.9. The van der Waals surface area contributed by atoms with Crippen LogP contribution in [0.5, 0.6) is 0 Å². The summed E-state index contributed by atoms with van der Waals surface area (Å²) in [5.41, 5.74) is 2.96. The second kappa shape index (κ2) is 6.71. The van der Waals surface area contributed by atoms with Crippen LogP contribution in [0.1, 0.15) is 49.1 Å². The number of carbonyl (C=O) groups is 1. The molecular weight excluding hydrogens is 353 g/mol. The Hall–Kier alpha value is -2.17. The molecule has 1 amide bonds. The molecule has 5 heteroatoms. The van der Waals surface area contributed by atoms with E-state index in [4.69, 9.17) is 0 Å². The zero-order valence-corrected chi connectivity index (χ0v) is 16.6. The number of hydrogen-bond donors (Lipinski definition) is 1. The van der Waals surface area contributed by atoms with Gasteiger partial charge in [0.1, 0.15) is 11.5 Å². The number of amides is 1. The van der Waals surface area contributed by atoms with Gasteiger partial charge in [-0.1, -0.05) is 18.6 Å². The molecule has 3 saturated carbocycles. The van der Waals surface area contributed by atoms with E-state index in [1.54, 1.807) is 22.9 Å². The first-order chi connectivity index (χ1) is 13.5. The van der Waals surface area contributed by atoms with Crippen molar-refractivity contribution in [1.29, 1.82) is 0 Å². The van der Waals surface area contributed by atoms with Crippen LogP contribution in [-0.4, -0.2) is 21.7 Å². The highest BCUT2D eigenvalue weighted by atomic mass is 19.1. The summed E-state index contributed by atoms with van der Waals surface area (Å²) in [6.45, 7) is 3.81. The maximum Gasteiger partial charge on any atom is 0.224 e. The summed E-state index contributed by atoms with van der Waals surface area (Å²) in [6.07, 6.45) is 6.91. The lowest BCUT2D eigenvalue weighted by Gasteiger charge is -2.32. The van der Waals surface area contributed by atoms with Gasteiger partial charge in [-0.15, -0.1) is 0 Å². The summed E-state index contributed by atoms with van der Waals surface area (Å²) in [6, 6.07) is 6.96. The van der Waals surface area contributed by atoms with Crippen molar-refractivity contribution in [1.82, 2.24) is 15.1 Å². The van der Waals surface area contributed by atoms with Crippen molar-refractivity contribution < 1.29 is 9.18 Å². The number of benzene rings is 1. The number of aryl methyl sites for hydroxylation is 1. The lowest BCUT2D eigenvalue weighted by atomic mass is 9.79. The molecule has 3 aliphatic rings. The topological polar surface area (TPSA) is 46.9 Å². The van der Waals surface area contributed by atoms with E-state index in [0.29, 0.717) is 24.1 Å². The first-order valence-electron chi connectivity index (χ1n) is 10.6. The predicted octanol–water partition coefficient (Wildman–Crippen LogP) is 4.11. The van der Waals surface area contributed by atoms with Crippen molar-refractivity contribution in [3.8, 4) is 5.69 Å². The Balaban J connectivity index is 1.30. The van der Waals surface area contributed by atoms with E-state index in [9.17, 15) is 9.18 Å². The van der Waals surface area contributed by atoms with Crippen molar-refractivity contribution in [3.05, 3.63) is 47.0 Å². The molecule has 1 aromatic carbocycles. The van der Waals surface area contributed by atoms with E-state index in [1.807, 2.05) is 13.8 Å². The molecule has 3 aliphatic carbocycles. The van der Waals surface area contributed by atoms with Crippen molar-refractivity contribution in [2.45, 2.75) is 58.4 Å². The molecule has 28 heavy (non-hydrogen) atoms. The second-order valence-corrected chi connectivity index (χ2v) is 9.02. The highest BCUT2D eigenvalue weighted by molar-refractivity contribution is 5.79. The van der Waals surface area contributed by atoms with Gasteiger partial charge in [-0.2, -0.15) is 5.10 Å². The Bertz CT molecular complexity index is 921. The molecular formula is C23H28FN3O. The van der Waals surface area contributed by atoms with Gasteiger partial charge in [0.05, 0.1) is 12.1 Å². The van der Waals surface area contributed by atoms with Gasteiger partial charge in [0, 0.05) is 17.3 Å². The molecule has 3 fully saturated rings. The Morgan fingerprint density at radius 2 is 1.96 bits per heavy atom. The summed E-state index contributed by atoms with van der Waals surface area (Å²) >= 11 is 0. The van der Waals surface area contributed by atoms with Crippen LogP contribution in [0.4, 0.5) is 4.39 Å². The highest BCUT2D eigenvalue weighted by Gasteiger charge is 2.54. The second-order valence-electron chi connectivity index (χ2n) is 9.02. The van der Waals surface area contributed by atoms with E-state index in [2.05, 4.69) is 10.4 Å². The maximum atomic E-state index is 14.2. The van der Waals surface area contributed by atoms with Crippen molar-refractivity contribution >= 4 is 5.91 Å². The third kappa shape index (κ3) is 2.78. The molecule has 2 bridgehead atoms. The number of fused-ring (bicyclic) bond motifs is 5. The van der Waals surface area contributed by atoms with Gasteiger partial charge in [-0.25, -0.2) is 9.07 Å². The average molecular weight is 381 g/mol. The standard InChI is InChI=1S/C23H28FN3O/c1-13-18(14(2)27(26-13)22-9-4-3-8-20(22)24)12-23(28)25-21-11-15-10-19(21)17-7-5-6-16(15)17/h3-4,8-9,15-17,19,21H,5-7,10-12H2,1-2H3,(H,25,28)/t15-,16-,17+,19-,21-/m1/s1. The fourth-order valence-corrected chi connectivity index (χ4v) is 6.44. The number of nitrogens with zero attached hydrogens (tertiary/aromatic N) is 2. The molecule has 2 aromatic rings. The van der Waals surface area contributed by atoms with Crippen molar-refractivity contribution in [3.63, 3.8) is 0 Å². The number of rotatable bonds is 4. The van der Waals surface area contributed by atoms with Gasteiger partial charge in [0.25, 0.3) is 0 Å². The van der Waals surface area contributed by atoms with Crippen LogP contribution < -0.4 is 5.32 Å². The lowest BCUT2D eigenvalue weighted by molar-refractivity contribution is -0.121. The molecule has 0 saturated heterocycles. The molecule has 0 radical (unpaired) electrons. The van der Waals surface area contributed by atoms with Crippen LogP contribution in [-0.2, 0) is 11.2 Å². The molecule has 148 valence electrons. The van der Waals surface area contributed by atoms with Gasteiger partial charge >= 0.3 is 0 Å². The summed E-state index contributed by atoms with van der Waals surface area (Å²) in [5, 5.41) is 7.84. The van der Waals surface area contributed by atoms with Crippen molar-refractivity contribution in [2.75, 3.05) is 0 Å². The summed E-state index contributed by atoms with van der Waals surface area (Å²) in [7, 11) is 0. The number of aromatic nitrogens is 2. The third-order valence-corrected chi connectivity index (χ3v) is 7.63. The molecule has 1 N–H and O–H groups in total. The summed E-state index contributed by atoms with van der Waals surface area (Å²) in [4.78, 5) is 12.8. The zero-order valence-electron chi connectivity index (χ0n) is 16.6. The number of nitrogens with one attached hydrogen (secondary N) is 1. The Morgan fingerprint density at radius 1 is 1.18 bits per heavy atom. The fourth-order valence-electron chi connectivity index (χ4n) is 6.44. The first-order valence-corrected chi connectivity index (χ1v) is 10.6. The smallest absolute Gasteiger partial charge is 0.224 e. The molecule has 0 aliphatic heterocycles. The normalized spacial score (nSPS) is 30.6. The lowest BCUT2D eigenvalue weighted by Crippen LogP contribution is -2.43. The van der Waals surface area contributed by atoms with E-state index in [1.165, 1.54) is 31.7 Å². The van der Waals surface area contributed by atoms with Crippen LogP contribution >= 0.6 is 0 Å². The summed E-state index contributed by atoms with van der Waals surface area (Å²) in [5.74, 6) is 3.06. The fraction of sp³-hybridized carbons (Fsp3) is 0.565. The number of para-hydroxylation sites is 1. The minimum atomic E-state index is -0.308. The average Bonchev–Trinajstić information content (AvgIpc) is 3.41. The van der Waals surface area contributed by atoms with E-state index in [-0.39, 0.29) is 11.7 Å². The molecule has 0 spiro atoms. The quantitative estimate of drug-likeness (QED) is 0.866. The van der Waals surface area contributed by atoms with E-state index < -0.39 is 0 Å². The summed E-state index contributed by atoms with van der Waals surface area (Å²) < 4.78 is 15.8. The maximum absolute atomic E-state index is 14.2. The minimum absolute atomic E-state index is 0.0754. The van der Waals surface area contributed by atoms with Crippen LogP contribution in [0.2, 0.25) is 0 Å². The predicted molar refractivity (Wildman–Crippen MR) is 106 cm³/mol. The Morgan fingerprint density at radius 3 is 2.79 bits per heavy atom. The van der Waals surface area contributed by atoms with Gasteiger partial charge < -0.3 is 5.32 Å². The third-order valence-electron chi connectivity index (χ3n) is 7.63. The van der Waals surface area contributed by atoms with Gasteiger partial charge in [0.2, 0.25) is 5.91 Å². The molecule has 0 unspecified atom stereocenters. The van der Waals surface area contributed by atoms with Crippen molar-refractivity contribution in [2.24, 2.45) is 23.7 Å². The van der Waals surface area contributed by atoms with E-state index >= 15 is 0 Å². The monoisotopic (exact) mass is 381 g/mol. The van der Waals surface area contributed by atoms with E-state index in [0.717, 1.165) is 41.1 Å². The van der Waals surface area contributed by atoms with Gasteiger partial charge in [-0.05, 0) is 75.3 Å². The minimum Gasteiger partial charge on any atom is -0.353 e. The number of hydrogen-bond acceptors (Lipinski definition) is 2. The van der Waals surface area contributed by atoms with Crippen LogP contribution in [0.25, 0.3) is 5.69 Å². The van der Waals surface area contributed by atoms with Gasteiger partial charge in [-0.3, -0.25) is 4.79 Å². The molecule has 5 rings (SSSR count). The highest BCUT2D eigenvalue weighted by Crippen LogP contribution is 2.58. The molecule has 1 heterocycles.